The third kappa shape index (κ3) is 5.44. The van der Waals surface area contributed by atoms with Gasteiger partial charge in [-0.3, -0.25) is 14.5 Å². The summed E-state index contributed by atoms with van der Waals surface area (Å²) < 4.78 is 5.20. The Morgan fingerprint density at radius 2 is 2.10 bits per heavy atom. The summed E-state index contributed by atoms with van der Waals surface area (Å²) in [4.78, 5) is 26.2. The van der Waals surface area contributed by atoms with Gasteiger partial charge in [-0.25, -0.2) is 0 Å². The van der Waals surface area contributed by atoms with Crippen molar-refractivity contribution in [3.05, 3.63) is 24.2 Å². The molecule has 1 aromatic heterocycles. The highest BCUT2D eigenvalue weighted by Gasteiger charge is 2.18. The molecular formula is C14H22N2O4. The zero-order chi connectivity index (χ0) is 15.1. The van der Waals surface area contributed by atoms with Gasteiger partial charge in [0.2, 0.25) is 5.91 Å². The van der Waals surface area contributed by atoms with Crippen LogP contribution in [-0.2, 0) is 16.1 Å². The van der Waals surface area contributed by atoms with Crippen LogP contribution in [0.5, 0.6) is 0 Å². The number of carbonyl (C=O) groups excluding carboxylic acids is 1. The van der Waals surface area contributed by atoms with E-state index in [1.54, 1.807) is 24.3 Å². The van der Waals surface area contributed by atoms with Crippen molar-refractivity contribution >= 4 is 11.9 Å². The number of furan rings is 1. The second-order valence-electron chi connectivity index (χ2n) is 5.04. The molecule has 0 saturated carbocycles. The van der Waals surface area contributed by atoms with E-state index in [0.29, 0.717) is 13.1 Å². The lowest BCUT2D eigenvalue weighted by atomic mass is 10.2. The lowest BCUT2D eigenvalue weighted by Crippen LogP contribution is -2.42. The van der Waals surface area contributed by atoms with Crippen LogP contribution in [0.4, 0.5) is 0 Å². The Balaban J connectivity index is 2.49. The van der Waals surface area contributed by atoms with E-state index < -0.39 is 5.97 Å². The van der Waals surface area contributed by atoms with Gasteiger partial charge in [-0.1, -0.05) is 0 Å². The van der Waals surface area contributed by atoms with E-state index in [0.717, 1.165) is 5.76 Å². The summed E-state index contributed by atoms with van der Waals surface area (Å²) in [6, 6.07) is 3.71. The minimum absolute atomic E-state index is 0.0351. The maximum absolute atomic E-state index is 12.1. The van der Waals surface area contributed by atoms with Gasteiger partial charge < -0.3 is 14.4 Å². The van der Waals surface area contributed by atoms with Crippen LogP contribution in [0.2, 0.25) is 0 Å². The molecule has 0 saturated heterocycles. The summed E-state index contributed by atoms with van der Waals surface area (Å²) >= 11 is 0. The van der Waals surface area contributed by atoms with Gasteiger partial charge in [0.25, 0.3) is 0 Å². The van der Waals surface area contributed by atoms with Crippen LogP contribution in [0.1, 0.15) is 26.0 Å². The summed E-state index contributed by atoms with van der Waals surface area (Å²) in [5.41, 5.74) is 0. The Morgan fingerprint density at radius 1 is 1.40 bits per heavy atom. The number of likely N-dealkylation sites (N-methyl/N-ethyl adjacent to an activating group) is 1. The molecule has 0 radical (unpaired) electrons. The molecular weight excluding hydrogens is 260 g/mol. The molecule has 0 aromatic carbocycles. The van der Waals surface area contributed by atoms with Gasteiger partial charge in [0.05, 0.1) is 25.8 Å². The quantitative estimate of drug-likeness (QED) is 0.780. The van der Waals surface area contributed by atoms with Crippen molar-refractivity contribution in [3.8, 4) is 0 Å². The van der Waals surface area contributed by atoms with Gasteiger partial charge in [-0.15, -0.1) is 0 Å². The standard InChI is InChI=1S/C14H22N2O4/c1-11(2)16(7-6-14(18)19)10-13(17)15(3)9-12-5-4-8-20-12/h4-5,8,11H,6-7,9-10H2,1-3H3,(H,18,19). The lowest BCUT2D eigenvalue weighted by Gasteiger charge is -2.27. The van der Waals surface area contributed by atoms with E-state index in [2.05, 4.69) is 0 Å². The topological polar surface area (TPSA) is 74.0 Å². The molecule has 0 aliphatic rings. The van der Waals surface area contributed by atoms with Crippen LogP contribution in [0.3, 0.4) is 0 Å². The Hall–Kier alpha value is -1.82. The van der Waals surface area contributed by atoms with Crippen LogP contribution in [-0.4, -0.2) is 53.0 Å². The van der Waals surface area contributed by atoms with Gasteiger partial charge in [0.15, 0.2) is 0 Å². The Morgan fingerprint density at radius 3 is 2.60 bits per heavy atom. The molecule has 1 heterocycles. The summed E-state index contributed by atoms with van der Waals surface area (Å²) in [6.07, 6.45) is 1.61. The van der Waals surface area contributed by atoms with Gasteiger partial charge >= 0.3 is 5.97 Å². The van der Waals surface area contributed by atoms with E-state index in [-0.39, 0.29) is 24.9 Å². The molecule has 0 fully saturated rings. The fourth-order valence-electron chi connectivity index (χ4n) is 1.78. The van der Waals surface area contributed by atoms with Gasteiger partial charge in [-0.05, 0) is 26.0 Å². The van der Waals surface area contributed by atoms with Crippen molar-refractivity contribution in [1.82, 2.24) is 9.80 Å². The zero-order valence-electron chi connectivity index (χ0n) is 12.2. The summed E-state index contributed by atoms with van der Waals surface area (Å²) in [7, 11) is 1.71. The predicted octanol–water partition coefficient (Wildman–Crippen LogP) is 1.42. The smallest absolute Gasteiger partial charge is 0.304 e. The fraction of sp³-hybridized carbons (Fsp3) is 0.571. The average Bonchev–Trinajstić information content (AvgIpc) is 2.86. The van der Waals surface area contributed by atoms with Crippen LogP contribution in [0.25, 0.3) is 0 Å². The molecule has 1 N–H and O–H groups in total. The second-order valence-corrected chi connectivity index (χ2v) is 5.04. The highest BCUT2D eigenvalue weighted by molar-refractivity contribution is 5.78. The van der Waals surface area contributed by atoms with E-state index >= 15 is 0 Å². The van der Waals surface area contributed by atoms with Gasteiger partial charge in [0, 0.05) is 19.6 Å². The molecule has 0 unspecified atom stereocenters. The molecule has 0 aliphatic heterocycles. The van der Waals surface area contributed by atoms with E-state index in [4.69, 9.17) is 9.52 Å². The molecule has 0 bridgehead atoms. The molecule has 1 aromatic rings. The molecule has 1 amide bonds. The average molecular weight is 282 g/mol. The number of carboxylic acids is 1. The minimum atomic E-state index is -0.855. The molecule has 6 nitrogen and oxygen atoms in total. The number of hydrogen-bond donors (Lipinski definition) is 1. The van der Waals surface area contributed by atoms with E-state index in [9.17, 15) is 9.59 Å². The summed E-state index contributed by atoms with van der Waals surface area (Å²) in [6.45, 7) is 4.88. The lowest BCUT2D eigenvalue weighted by molar-refractivity contribution is -0.138. The number of amides is 1. The first-order chi connectivity index (χ1) is 9.40. The van der Waals surface area contributed by atoms with Crippen molar-refractivity contribution in [1.29, 1.82) is 0 Å². The van der Waals surface area contributed by atoms with Crippen molar-refractivity contribution in [2.75, 3.05) is 20.1 Å². The van der Waals surface area contributed by atoms with Gasteiger partial charge in [0.1, 0.15) is 5.76 Å². The van der Waals surface area contributed by atoms with Crippen LogP contribution >= 0.6 is 0 Å². The predicted molar refractivity (Wildman–Crippen MR) is 74.1 cm³/mol. The number of rotatable bonds is 8. The first-order valence-corrected chi connectivity index (χ1v) is 6.62. The monoisotopic (exact) mass is 282 g/mol. The Bertz CT molecular complexity index is 428. The SMILES string of the molecule is CC(C)N(CCC(=O)O)CC(=O)N(C)Cc1ccco1. The number of carboxylic acid groups (broad SMARTS) is 1. The van der Waals surface area contributed by atoms with E-state index in [1.165, 1.54) is 0 Å². The largest absolute Gasteiger partial charge is 0.481 e. The van der Waals surface area contributed by atoms with Crippen LogP contribution in [0.15, 0.2) is 22.8 Å². The minimum Gasteiger partial charge on any atom is -0.481 e. The molecule has 1 rings (SSSR count). The number of aliphatic carboxylic acids is 1. The van der Waals surface area contributed by atoms with Crippen molar-refractivity contribution < 1.29 is 19.1 Å². The highest BCUT2D eigenvalue weighted by Crippen LogP contribution is 2.06. The second kappa shape index (κ2) is 7.69. The summed E-state index contributed by atoms with van der Waals surface area (Å²) in [5, 5.41) is 8.72. The molecule has 0 aliphatic carbocycles. The Labute approximate surface area is 119 Å². The van der Waals surface area contributed by atoms with Crippen LogP contribution in [0, 0.1) is 0 Å². The third-order valence-corrected chi connectivity index (χ3v) is 3.08. The first-order valence-electron chi connectivity index (χ1n) is 6.62. The number of hydrogen-bond acceptors (Lipinski definition) is 4. The number of nitrogens with zero attached hydrogens (tertiary/aromatic N) is 2. The molecule has 0 atom stereocenters. The van der Waals surface area contributed by atoms with Crippen molar-refractivity contribution in [3.63, 3.8) is 0 Å². The Kier molecular flexibility index (Phi) is 6.24. The summed E-state index contributed by atoms with van der Waals surface area (Å²) in [5.74, 6) is -0.185. The normalized spacial score (nSPS) is 11.1. The van der Waals surface area contributed by atoms with Crippen molar-refractivity contribution in [2.45, 2.75) is 32.9 Å². The molecule has 6 heteroatoms. The maximum atomic E-state index is 12.1. The maximum Gasteiger partial charge on any atom is 0.304 e. The molecule has 20 heavy (non-hydrogen) atoms. The van der Waals surface area contributed by atoms with Gasteiger partial charge in [-0.2, -0.15) is 0 Å². The van der Waals surface area contributed by atoms with Crippen molar-refractivity contribution in [2.24, 2.45) is 0 Å². The van der Waals surface area contributed by atoms with E-state index in [1.807, 2.05) is 24.8 Å². The first kappa shape index (κ1) is 16.2. The molecule has 0 spiro atoms. The zero-order valence-corrected chi connectivity index (χ0v) is 12.2. The number of carbonyl (C=O) groups is 2. The fourth-order valence-corrected chi connectivity index (χ4v) is 1.78. The molecule has 112 valence electrons. The third-order valence-electron chi connectivity index (χ3n) is 3.08. The highest BCUT2D eigenvalue weighted by atomic mass is 16.4. The van der Waals surface area contributed by atoms with Crippen LogP contribution < -0.4 is 0 Å².